The molecule has 3 aromatic rings. The molecule has 3 aromatic carbocycles. The van der Waals surface area contributed by atoms with Gasteiger partial charge in [-0.2, -0.15) is 0 Å². The first-order valence-corrected chi connectivity index (χ1v) is 7.62. The molecular formula is C20H20O2. The van der Waals surface area contributed by atoms with E-state index in [1.54, 1.807) is 7.11 Å². The molecule has 0 spiro atoms. The molecule has 0 aromatic heterocycles. The number of aromatic hydroxyl groups is 1. The highest BCUT2D eigenvalue weighted by molar-refractivity contribution is 5.97. The van der Waals surface area contributed by atoms with Crippen LogP contribution in [-0.2, 0) is 6.42 Å². The Kier molecular flexibility index (Phi) is 4.01. The molecule has 0 amide bonds. The standard InChI is InChI=1S/C20H20O2/c1-3-7-15-12-16-13-17(22-2)10-11-18(16)20(21)19(15)14-8-5-4-6-9-14/h4-6,8-13,21H,3,7H2,1-2H3. The number of methoxy groups -OCH3 is 1. The van der Waals surface area contributed by atoms with Crippen molar-refractivity contribution in [1.82, 2.24) is 0 Å². The Balaban J connectivity index is 2.30. The van der Waals surface area contributed by atoms with Gasteiger partial charge in [0.1, 0.15) is 11.5 Å². The molecule has 0 aliphatic heterocycles. The normalized spacial score (nSPS) is 10.8. The summed E-state index contributed by atoms with van der Waals surface area (Å²) in [4.78, 5) is 0. The van der Waals surface area contributed by atoms with E-state index in [0.717, 1.165) is 40.5 Å². The van der Waals surface area contributed by atoms with Crippen molar-refractivity contribution < 1.29 is 9.84 Å². The zero-order valence-electron chi connectivity index (χ0n) is 13.0. The molecule has 0 aliphatic rings. The van der Waals surface area contributed by atoms with Gasteiger partial charge in [-0.3, -0.25) is 0 Å². The highest BCUT2D eigenvalue weighted by Gasteiger charge is 2.14. The number of fused-ring (bicyclic) bond motifs is 1. The fraction of sp³-hybridized carbons (Fsp3) is 0.200. The van der Waals surface area contributed by atoms with E-state index in [-0.39, 0.29) is 0 Å². The molecule has 2 nitrogen and oxygen atoms in total. The maximum atomic E-state index is 10.8. The van der Waals surface area contributed by atoms with Crippen LogP contribution >= 0.6 is 0 Å². The van der Waals surface area contributed by atoms with Gasteiger partial charge in [0, 0.05) is 10.9 Å². The highest BCUT2D eigenvalue weighted by Crippen LogP contribution is 2.40. The van der Waals surface area contributed by atoms with E-state index in [2.05, 4.69) is 13.0 Å². The molecule has 0 radical (unpaired) electrons. The summed E-state index contributed by atoms with van der Waals surface area (Å²) in [6.45, 7) is 2.15. The van der Waals surface area contributed by atoms with Crippen molar-refractivity contribution in [3.63, 3.8) is 0 Å². The van der Waals surface area contributed by atoms with Crippen LogP contribution in [0.15, 0.2) is 54.6 Å². The lowest BCUT2D eigenvalue weighted by Crippen LogP contribution is -1.92. The van der Waals surface area contributed by atoms with Crippen LogP contribution in [0.2, 0.25) is 0 Å². The summed E-state index contributed by atoms with van der Waals surface area (Å²) in [7, 11) is 1.66. The Morgan fingerprint density at radius 1 is 1.00 bits per heavy atom. The minimum absolute atomic E-state index is 0.356. The molecule has 2 heteroatoms. The summed E-state index contributed by atoms with van der Waals surface area (Å²) >= 11 is 0. The number of phenols is 1. The Morgan fingerprint density at radius 2 is 1.77 bits per heavy atom. The van der Waals surface area contributed by atoms with Crippen LogP contribution in [0.25, 0.3) is 21.9 Å². The van der Waals surface area contributed by atoms with Crippen molar-refractivity contribution in [2.75, 3.05) is 7.11 Å². The fourth-order valence-corrected chi connectivity index (χ4v) is 2.94. The Hall–Kier alpha value is -2.48. The summed E-state index contributed by atoms with van der Waals surface area (Å²) in [6, 6.07) is 18.0. The minimum atomic E-state index is 0.356. The van der Waals surface area contributed by atoms with Crippen LogP contribution < -0.4 is 4.74 Å². The van der Waals surface area contributed by atoms with Gasteiger partial charge in [0.2, 0.25) is 0 Å². The SMILES string of the molecule is CCCc1cc2cc(OC)ccc2c(O)c1-c1ccccc1. The average Bonchev–Trinajstić information content (AvgIpc) is 2.55. The van der Waals surface area contributed by atoms with Crippen molar-refractivity contribution in [3.05, 3.63) is 60.2 Å². The van der Waals surface area contributed by atoms with Crippen LogP contribution in [0.1, 0.15) is 18.9 Å². The van der Waals surface area contributed by atoms with E-state index in [4.69, 9.17) is 4.74 Å². The largest absolute Gasteiger partial charge is 0.507 e. The Labute approximate surface area is 131 Å². The number of phenolic OH excluding ortho intramolecular Hbond substituents is 1. The van der Waals surface area contributed by atoms with Crippen molar-refractivity contribution in [2.24, 2.45) is 0 Å². The summed E-state index contributed by atoms with van der Waals surface area (Å²) in [5, 5.41) is 12.7. The third-order valence-corrected chi connectivity index (χ3v) is 3.98. The highest BCUT2D eigenvalue weighted by atomic mass is 16.5. The quantitative estimate of drug-likeness (QED) is 0.718. The third-order valence-electron chi connectivity index (χ3n) is 3.98. The molecule has 0 heterocycles. The van der Waals surface area contributed by atoms with E-state index < -0.39 is 0 Å². The Bertz CT molecular complexity index is 792. The molecule has 0 fully saturated rings. The molecule has 0 saturated carbocycles. The Morgan fingerprint density at radius 3 is 2.45 bits per heavy atom. The number of hydrogen-bond acceptors (Lipinski definition) is 2. The predicted molar refractivity (Wildman–Crippen MR) is 91.6 cm³/mol. The topological polar surface area (TPSA) is 29.5 Å². The second-order valence-electron chi connectivity index (χ2n) is 5.46. The summed E-state index contributed by atoms with van der Waals surface area (Å²) < 4.78 is 5.30. The first-order chi connectivity index (χ1) is 10.7. The van der Waals surface area contributed by atoms with Crippen molar-refractivity contribution in [1.29, 1.82) is 0 Å². The molecule has 0 unspecified atom stereocenters. The minimum Gasteiger partial charge on any atom is -0.507 e. The first kappa shape index (κ1) is 14.5. The zero-order chi connectivity index (χ0) is 15.5. The number of aryl methyl sites for hydroxylation is 1. The summed E-state index contributed by atoms with van der Waals surface area (Å²) in [5.41, 5.74) is 3.17. The lowest BCUT2D eigenvalue weighted by Gasteiger charge is -2.15. The van der Waals surface area contributed by atoms with Crippen LogP contribution in [0.5, 0.6) is 11.5 Å². The lowest BCUT2D eigenvalue weighted by atomic mass is 9.92. The maximum absolute atomic E-state index is 10.8. The predicted octanol–water partition coefficient (Wildman–Crippen LogP) is 5.17. The third kappa shape index (κ3) is 2.52. The van der Waals surface area contributed by atoms with Gasteiger partial charge in [-0.05, 0) is 41.1 Å². The van der Waals surface area contributed by atoms with Gasteiger partial charge in [-0.15, -0.1) is 0 Å². The summed E-state index contributed by atoms with van der Waals surface area (Å²) in [6.07, 6.45) is 1.97. The number of ether oxygens (including phenoxy) is 1. The summed E-state index contributed by atoms with van der Waals surface area (Å²) in [5.74, 6) is 1.16. The van der Waals surface area contributed by atoms with E-state index in [0.29, 0.717) is 5.75 Å². The monoisotopic (exact) mass is 292 g/mol. The molecule has 3 rings (SSSR count). The molecular weight excluding hydrogens is 272 g/mol. The fourth-order valence-electron chi connectivity index (χ4n) is 2.94. The number of hydrogen-bond donors (Lipinski definition) is 1. The van der Waals surface area contributed by atoms with Crippen molar-refractivity contribution in [2.45, 2.75) is 19.8 Å². The van der Waals surface area contributed by atoms with Gasteiger partial charge in [-0.25, -0.2) is 0 Å². The molecule has 112 valence electrons. The number of rotatable bonds is 4. The van der Waals surface area contributed by atoms with Crippen molar-refractivity contribution in [3.8, 4) is 22.6 Å². The van der Waals surface area contributed by atoms with Crippen LogP contribution in [0.4, 0.5) is 0 Å². The first-order valence-electron chi connectivity index (χ1n) is 7.62. The lowest BCUT2D eigenvalue weighted by molar-refractivity contribution is 0.415. The van der Waals surface area contributed by atoms with Gasteiger partial charge in [0.15, 0.2) is 0 Å². The van der Waals surface area contributed by atoms with E-state index in [1.807, 2.05) is 48.5 Å². The van der Waals surface area contributed by atoms with Gasteiger partial charge in [0.05, 0.1) is 7.11 Å². The van der Waals surface area contributed by atoms with Crippen LogP contribution in [-0.4, -0.2) is 12.2 Å². The van der Waals surface area contributed by atoms with E-state index >= 15 is 0 Å². The van der Waals surface area contributed by atoms with Crippen LogP contribution in [0.3, 0.4) is 0 Å². The molecule has 0 atom stereocenters. The van der Waals surface area contributed by atoms with E-state index in [1.165, 1.54) is 5.56 Å². The van der Waals surface area contributed by atoms with E-state index in [9.17, 15) is 5.11 Å². The second kappa shape index (κ2) is 6.10. The van der Waals surface area contributed by atoms with Gasteiger partial charge in [0.25, 0.3) is 0 Å². The molecule has 0 bridgehead atoms. The molecule has 0 saturated heterocycles. The van der Waals surface area contributed by atoms with Gasteiger partial charge in [-0.1, -0.05) is 49.7 Å². The zero-order valence-corrected chi connectivity index (χ0v) is 13.0. The molecule has 1 N–H and O–H groups in total. The second-order valence-corrected chi connectivity index (χ2v) is 5.46. The number of benzene rings is 3. The van der Waals surface area contributed by atoms with Gasteiger partial charge >= 0.3 is 0 Å². The molecule has 22 heavy (non-hydrogen) atoms. The van der Waals surface area contributed by atoms with Gasteiger partial charge < -0.3 is 9.84 Å². The maximum Gasteiger partial charge on any atom is 0.131 e. The van der Waals surface area contributed by atoms with Crippen molar-refractivity contribution >= 4 is 10.8 Å². The molecule has 0 aliphatic carbocycles. The smallest absolute Gasteiger partial charge is 0.131 e. The average molecular weight is 292 g/mol. The van der Waals surface area contributed by atoms with Crippen LogP contribution in [0, 0.1) is 0 Å².